The molecule has 4 heterocycles. The zero-order chi connectivity index (χ0) is 38.2. The van der Waals surface area contributed by atoms with Crippen molar-refractivity contribution in [3.63, 3.8) is 0 Å². The van der Waals surface area contributed by atoms with Gasteiger partial charge in [0, 0.05) is 58.4 Å². The standard InChI is InChI=1S/C54H42N4/c1-2-13-40-32-41(22-19-35(40)10-1)51-44-26-24-43(58-31-9-16-37-12-4-6-18-50(37)58)34-47(44)52(48-28-23-39-21-20-38-14-7-29-55-53(38)54(39)56-48)45-27-25-42(33-46(45)51)57-30-8-15-36-11-3-5-17-49(36)57/h1-5,7,10-14,17,19-29,32-34H,6,8-9,15-16,18,30-31H2. The monoisotopic (exact) mass is 746 g/mol. The third kappa shape index (κ3) is 5.35. The smallest absolute Gasteiger partial charge is 0.0972 e. The minimum Gasteiger partial charge on any atom is -0.345 e. The molecular weight excluding hydrogens is 705 g/mol. The maximum Gasteiger partial charge on any atom is 0.0972 e. The van der Waals surface area contributed by atoms with Gasteiger partial charge in [0.25, 0.3) is 0 Å². The van der Waals surface area contributed by atoms with E-state index in [0.29, 0.717) is 0 Å². The van der Waals surface area contributed by atoms with Gasteiger partial charge in [-0.15, -0.1) is 0 Å². The van der Waals surface area contributed by atoms with Crippen LogP contribution in [0.3, 0.4) is 0 Å². The Morgan fingerprint density at radius 3 is 2.12 bits per heavy atom. The van der Waals surface area contributed by atoms with Crippen LogP contribution >= 0.6 is 0 Å². The SMILES string of the molecule is C1=CC2=C(CC1)N(c1ccc3c(-c4ccc5ccccc5c4)c4cc(N5CCCc6ccccc65)ccc4c(-c4ccc5ccc6cccnc6c5n4)c3c1)CCC2. The lowest BCUT2D eigenvalue weighted by atomic mass is 9.85. The number of aromatic nitrogens is 2. The number of anilines is 3. The first kappa shape index (κ1) is 33.4. The lowest BCUT2D eigenvalue weighted by molar-refractivity contribution is 0.692. The highest BCUT2D eigenvalue weighted by Gasteiger charge is 2.26. The first-order valence-corrected chi connectivity index (χ1v) is 20.9. The van der Waals surface area contributed by atoms with E-state index in [1.807, 2.05) is 12.3 Å². The highest BCUT2D eigenvalue weighted by atomic mass is 15.2. The van der Waals surface area contributed by atoms with E-state index in [4.69, 9.17) is 9.97 Å². The van der Waals surface area contributed by atoms with Crippen molar-refractivity contribution in [2.24, 2.45) is 0 Å². The summed E-state index contributed by atoms with van der Waals surface area (Å²) in [6.07, 6.45) is 13.3. The van der Waals surface area contributed by atoms with Crippen molar-refractivity contribution in [3.05, 3.63) is 175 Å². The van der Waals surface area contributed by atoms with E-state index >= 15 is 0 Å². The number of benzene rings is 7. The van der Waals surface area contributed by atoms with Crippen molar-refractivity contribution in [3.8, 4) is 22.4 Å². The van der Waals surface area contributed by atoms with Crippen molar-refractivity contribution in [2.75, 3.05) is 22.9 Å². The molecule has 0 unspecified atom stereocenters. The molecule has 0 bridgehead atoms. The predicted molar refractivity (Wildman–Crippen MR) is 244 cm³/mol. The molecule has 0 saturated heterocycles. The molecule has 1 aliphatic carbocycles. The van der Waals surface area contributed by atoms with Gasteiger partial charge in [-0.2, -0.15) is 0 Å². The van der Waals surface area contributed by atoms with Crippen LogP contribution in [0.4, 0.5) is 17.1 Å². The number of aryl methyl sites for hydroxylation is 1. The fourth-order valence-corrected chi connectivity index (χ4v) is 10.2. The summed E-state index contributed by atoms with van der Waals surface area (Å²) in [6.45, 7) is 2.03. The molecule has 12 rings (SSSR count). The largest absolute Gasteiger partial charge is 0.345 e. The Morgan fingerprint density at radius 2 is 1.21 bits per heavy atom. The molecule has 2 aromatic heterocycles. The Balaban J connectivity index is 1.19. The zero-order valence-electron chi connectivity index (χ0n) is 32.5. The number of pyridine rings is 2. The number of hydrogen-bond donors (Lipinski definition) is 0. The second-order valence-corrected chi connectivity index (χ2v) is 16.2. The van der Waals surface area contributed by atoms with Crippen molar-refractivity contribution < 1.29 is 0 Å². The lowest BCUT2D eigenvalue weighted by Gasteiger charge is -2.35. The van der Waals surface area contributed by atoms with Gasteiger partial charge in [0.05, 0.1) is 16.7 Å². The van der Waals surface area contributed by atoms with Crippen LogP contribution in [0.5, 0.6) is 0 Å². The number of hydrogen-bond acceptors (Lipinski definition) is 4. The third-order valence-electron chi connectivity index (χ3n) is 12.9. The van der Waals surface area contributed by atoms with Crippen LogP contribution in [0, 0.1) is 0 Å². The van der Waals surface area contributed by atoms with E-state index in [2.05, 4.69) is 155 Å². The molecule has 0 fully saturated rings. The van der Waals surface area contributed by atoms with Crippen LogP contribution in [0.25, 0.3) is 76.5 Å². The maximum atomic E-state index is 5.56. The molecule has 0 N–H and O–H groups in total. The van der Waals surface area contributed by atoms with Gasteiger partial charge < -0.3 is 9.80 Å². The number of para-hydroxylation sites is 1. The van der Waals surface area contributed by atoms with Crippen molar-refractivity contribution >= 4 is 71.2 Å². The van der Waals surface area contributed by atoms with E-state index in [1.54, 1.807) is 0 Å². The molecule has 2 aliphatic heterocycles. The maximum absolute atomic E-state index is 5.56. The van der Waals surface area contributed by atoms with E-state index < -0.39 is 0 Å². The van der Waals surface area contributed by atoms with E-state index in [9.17, 15) is 0 Å². The summed E-state index contributed by atoms with van der Waals surface area (Å²) in [4.78, 5) is 15.6. The molecule has 0 atom stereocenters. The topological polar surface area (TPSA) is 32.3 Å². The molecule has 278 valence electrons. The number of fused-ring (bicyclic) bond motifs is 7. The molecule has 9 aromatic rings. The van der Waals surface area contributed by atoms with Crippen LogP contribution in [-0.2, 0) is 6.42 Å². The van der Waals surface area contributed by atoms with Gasteiger partial charge in [-0.1, -0.05) is 103 Å². The average Bonchev–Trinajstić information content (AvgIpc) is 3.29. The first-order valence-electron chi connectivity index (χ1n) is 20.9. The van der Waals surface area contributed by atoms with Gasteiger partial charge in [-0.05, 0) is 142 Å². The van der Waals surface area contributed by atoms with Crippen molar-refractivity contribution in [2.45, 2.75) is 38.5 Å². The lowest BCUT2D eigenvalue weighted by Crippen LogP contribution is -2.29. The first-order chi connectivity index (χ1) is 28.7. The van der Waals surface area contributed by atoms with Crippen LogP contribution in [-0.4, -0.2) is 23.1 Å². The minimum atomic E-state index is 0.938. The summed E-state index contributed by atoms with van der Waals surface area (Å²) in [7, 11) is 0. The highest BCUT2D eigenvalue weighted by molar-refractivity contribution is 6.23. The Morgan fingerprint density at radius 1 is 0.500 bits per heavy atom. The Hall–Kier alpha value is -6.78. The van der Waals surface area contributed by atoms with Crippen LogP contribution in [0.2, 0.25) is 0 Å². The molecule has 58 heavy (non-hydrogen) atoms. The Kier molecular flexibility index (Phi) is 7.72. The predicted octanol–water partition coefficient (Wildman–Crippen LogP) is 13.9. The summed E-state index contributed by atoms with van der Waals surface area (Å²) in [5.74, 6) is 0. The number of allylic oxidation sites excluding steroid dienone is 4. The summed E-state index contributed by atoms with van der Waals surface area (Å²) in [5.41, 5.74) is 14.7. The van der Waals surface area contributed by atoms with E-state index in [0.717, 1.165) is 79.1 Å². The number of nitrogens with zero attached hydrogens (tertiary/aromatic N) is 4. The van der Waals surface area contributed by atoms with Crippen molar-refractivity contribution in [1.29, 1.82) is 0 Å². The van der Waals surface area contributed by atoms with Crippen LogP contribution < -0.4 is 9.80 Å². The van der Waals surface area contributed by atoms with Crippen LogP contribution in [0.1, 0.15) is 37.7 Å². The van der Waals surface area contributed by atoms with Gasteiger partial charge in [-0.25, -0.2) is 4.98 Å². The molecule has 0 radical (unpaired) electrons. The summed E-state index contributed by atoms with van der Waals surface area (Å²) < 4.78 is 0. The van der Waals surface area contributed by atoms with Gasteiger partial charge >= 0.3 is 0 Å². The molecular formula is C54H42N4. The fraction of sp³-hybridized carbons (Fsp3) is 0.148. The Bertz CT molecular complexity index is 3210. The Labute approximate surface area is 338 Å². The molecule has 4 heteroatoms. The van der Waals surface area contributed by atoms with E-state index in [1.165, 1.54) is 82.9 Å². The average molecular weight is 747 g/mol. The van der Waals surface area contributed by atoms with Gasteiger partial charge in [-0.3, -0.25) is 4.98 Å². The summed E-state index contributed by atoms with van der Waals surface area (Å²) in [5, 5.41) is 9.61. The summed E-state index contributed by atoms with van der Waals surface area (Å²) in [6, 6.07) is 52.1. The van der Waals surface area contributed by atoms with Gasteiger partial charge in [0.15, 0.2) is 0 Å². The molecule has 0 spiro atoms. The molecule has 0 amide bonds. The molecule has 4 nitrogen and oxygen atoms in total. The summed E-state index contributed by atoms with van der Waals surface area (Å²) >= 11 is 0. The molecule has 3 aliphatic rings. The molecule has 7 aromatic carbocycles. The fourth-order valence-electron chi connectivity index (χ4n) is 10.2. The highest BCUT2D eigenvalue weighted by Crippen LogP contribution is 2.48. The minimum absolute atomic E-state index is 0.938. The zero-order valence-corrected chi connectivity index (χ0v) is 32.5. The quantitative estimate of drug-likeness (QED) is 0.133. The second kappa shape index (κ2) is 13.4. The number of rotatable bonds is 4. The van der Waals surface area contributed by atoms with Crippen LogP contribution in [0.15, 0.2) is 169 Å². The van der Waals surface area contributed by atoms with Gasteiger partial charge in [0.1, 0.15) is 0 Å². The van der Waals surface area contributed by atoms with Gasteiger partial charge in [0.2, 0.25) is 0 Å². The van der Waals surface area contributed by atoms with E-state index in [-0.39, 0.29) is 0 Å². The third-order valence-corrected chi connectivity index (χ3v) is 12.9. The van der Waals surface area contributed by atoms with Crippen molar-refractivity contribution in [1.82, 2.24) is 9.97 Å². The molecule has 0 saturated carbocycles. The normalized spacial score (nSPS) is 15.5. The second-order valence-electron chi connectivity index (χ2n) is 16.2.